The first-order valence-electron chi connectivity index (χ1n) is 12.8. The van der Waals surface area contributed by atoms with Gasteiger partial charge in [0.2, 0.25) is 0 Å². The molecule has 0 aromatic heterocycles. The van der Waals surface area contributed by atoms with Crippen molar-refractivity contribution in [3.8, 4) is 0 Å². The van der Waals surface area contributed by atoms with Gasteiger partial charge in [0.15, 0.2) is 0 Å². The quantitative estimate of drug-likeness (QED) is 0.407. The zero-order valence-corrected chi connectivity index (χ0v) is 23.0. The number of hydrogen-bond acceptors (Lipinski definition) is 6. The van der Waals surface area contributed by atoms with Gasteiger partial charge in [-0.25, -0.2) is 9.66 Å². The number of fused-ring (bicyclic) bond motifs is 2. The predicted octanol–water partition coefficient (Wildman–Crippen LogP) is 4.45. The van der Waals surface area contributed by atoms with E-state index in [0.29, 0.717) is 25.7 Å². The Morgan fingerprint density at radius 2 is 0.842 bits per heavy atom. The zero-order chi connectivity index (χ0) is 26.9. The van der Waals surface area contributed by atoms with Gasteiger partial charge < -0.3 is 0 Å². The molecule has 8 nitrogen and oxygen atoms in total. The highest BCUT2D eigenvalue weighted by Gasteiger charge is 2.47. The lowest BCUT2D eigenvalue weighted by molar-refractivity contribution is 0.381. The van der Waals surface area contributed by atoms with Crippen molar-refractivity contribution in [2.75, 3.05) is 0 Å². The largest absolute Gasteiger partial charge is 0.276 e. The maximum Gasteiger partial charge on any atom is 0.276 e. The molecule has 3 aliphatic carbocycles. The Hall–Kier alpha value is -3.24. The summed E-state index contributed by atoms with van der Waals surface area (Å²) >= 11 is 0. The second-order valence-corrected chi connectivity index (χ2v) is 13.5. The molecule has 0 saturated heterocycles. The molecule has 38 heavy (non-hydrogen) atoms. The molecule has 1 saturated carbocycles. The molecular weight excluding hydrogens is 520 g/mol. The third kappa shape index (κ3) is 5.33. The number of aryl methyl sites for hydroxylation is 2. The van der Waals surface area contributed by atoms with E-state index in [-0.39, 0.29) is 33.5 Å². The van der Waals surface area contributed by atoms with Gasteiger partial charge in [-0.2, -0.15) is 27.0 Å². The summed E-state index contributed by atoms with van der Waals surface area (Å²) in [5.41, 5.74) is 3.57. The van der Waals surface area contributed by atoms with E-state index in [1.807, 2.05) is 13.8 Å². The molecule has 5 rings (SSSR count). The maximum atomic E-state index is 13.0. The third-order valence-electron chi connectivity index (χ3n) is 7.64. The summed E-state index contributed by atoms with van der Waals surface area (Å²) < 4.78 is 52.0. The molecule has 3 aliphatic rings. The molecule has 0 heterocycles. The first kappa shape index (κ1) is 26.4. The van der Waals surface area contributed by atoms with Crippen LogP contribution in [-0.2, 0) is 20.0 Å². The second-order valence-electron chi connectivity index (χ2n) is 10.2. The molecule has 0 unspecified atom stereocenters. The minimum Gasteiger partial charge on any atom is -0.200 e. The van der Waals surface area contributed by atoms with Crippen molar-refractivity contribution in [3.05, 3.63) is 84.0 Å². The highest BCUT2D eigenvalue weighted by atomic mass is 32.2. The molecule has 0 aliphatic heterocycles. The van der Waals surface area contributed by atoms with Crippen molar-refractivity contribution in [1.29, 1.82) is 0 Å². The van der Waals surface area contributed by atoms with Gasteiger partial charge in [-0.1, -0.05) is 59.7 Å². The molecule has 1 fully saturated rings. The Balaban J connectivity index is 1.47. The summed E-state index contributed by atoms with van der Waals surface area (Å²) in [7, 11) is -7.65. The van der Waals surface area contributed by atoms with Gasteiger partial charge in [0.1, 0.15) is 0 Å². The first-order chi connectivity index (χ1) is 18.2. The summed E-state index contributed by atoms with van der Waals surface area (Å²) in [4.78, 5) is 5.30. The van der Waals surface area contributed by atoms with Crippen LogP contribution in [0.15, 0.2) is 92.8 Å². The minimum absolute atomic E-state index is 0.0731. The smallest absolute Gasteiger partial charge is 0.200 e. The number of rotatable bonds is 6. The van der Waals surface area contributed by atoms with Gasteiger partial charge in [-0.15, -0.1) is 0 Å². The first-order valence-corrected chi connectivity index (χ1v) is 15.7. The normalized spacial score (nSPS) is 27.1. The molecule has 2 aromatic rings. The SMILES string of the molecule is Cc1ccc(S(=O)(=O)NN=C2[C@H]3CC=CC[C@@H]3C(=NNS(=O)(=O)c3ccc(C)cc3)[C@@H]3CC=CC[C@@H]23)cc1. The van der Waals surface area contributed by atoms with Gasteiger partial charge >= 0.3 is 0 Å². The van der Waals surface area contributed by atoms with Gasteiger partial charge in [0.25, 0.3) is 20.0 Å². The molecule has 0 amide bonds. The lowest BCUT2D eigenvalue weighted by Crippen LogP contribution is -2.50. The summed E-state index contributed by atoms with van der Waals surface area (Å²) in [6.45, 7) is 3.80. The summed E-state index contributed by atoms with van der Waals surface area (Å²) in [6, 6.07) is 13.3. The highest BCUT2D eigenvalue weighted by Crippen LogP contribution is 2.44. The Morgan fingerprint density at radius 1 is 0.553 bits per heavy atom. The van der Waals surface area contributed by atoms with Gasteiger partial charge in [0, 0.05) is 35.1 Å². The maximum absolute atomic E-state index is 13.0. The van der Waals surface area contributed by atoms with Crippen LogP contribution in [0.2, 0.25) is 0 Å². The molecule has 200 valence electrons. The van der Waals surface area contributed by atoms with Crippen molar-refractivity contribution in [3.63, 3.8) is 0 Å². The Kier molecular flexibility index (Phi) is 7.28. The average Bonchev–Trinajstić information content (AvgIpc) is 2.91. The van der Waals surface area contributed by atoms with Crippen molar-refractivity contribution >= 4 is 31.5 Å². The standard InChI is InChI=1S/C28H32N4O4S2/c1-19-11-15-21(16-12-19)37(33,34)31-29-27-23-7-3-5-9-25(23)28(26-10-6-4-8-24(26)27)30-32-38(35,36)22-17-13-20(2)14-18-22/h3-6,11-18,23-26,31-32H,7-10H2,1-2H3/t23-,24+,25-,26+. The van der Waals surface area contributed by atoms with Crippen molar-refractivity contribution < 1.29 is 16.8 Å². The summed E-state index contributed by atoms with van der Waals surface area (Å²) in [6.07, 6.45) is 11.1. The van der Waals surface area contributed by atoms with E-state index in [1.165, 1.54) is 0 Å². The molecular formula is C28H32N4O4S2. The van der Waals surface area contributed by atoms with E-state index in [4.69, 9.17) is 0 Å². The van der Waals surface area contributed by atoms with Crippen molar-refractivity contribution in [2.45, 2.75) is 49.3 Å². The third-order valence-corrected chi connectivity index (χ3v) is 10.1. The summed E-state index contributed by atoms with van der Waals surface area (Å²) in [5.74, 6) is -0.292. The van der Waals surface area contributed by atoms with Gasteiger partial charge in [0.05, 0.1) is 9.79 Å². The van der Waals surface area contributed by atoms with E-state index in [1.54, 1.807) is 48.5 Å². The van der Waals surface area contributed by atoms with Crippen LogP contribution in [0.25, 0.3) is 0 Å². The highest BCUT2D eigenvalue weighted by molar-refractivity contribution is 7.89. The number of hydrogen-bond donors (Lipinski definition) is 2. The fraction of sp³-hybridized carbons (Fsp3) is 0.357. The fourth-order valence-electron chi connectivity index (χ4n) is 5.58. The van der Waals surface area contributed by atoms with Crippen LogP contribution in [0.4, 0.5) is 0 Å². The molecule has 2 N–H and O–H groups in total. The Morgan fingerprint density at radius 3 is 1.13 bits per heavy atom. The molecule has 10 heteroatoms. The molecule has 0 radical (unpaired) electrons. The van der Waals surface area contributed by atoms with E-state index >= 15 is 0 Å². The Labute approximate surface area is 224 Å². The van der Waals surface area contributed by atoms with E-state index in [9.17, 15) is 16.8 Å². The number of nitrogens with zero attached hydrogens (tertiary/aromatic N) is 2. The van der Waals surface area contributed by atoms with E-state index < -0.39 is 20.0 Å². The topological polar surface area (TPSA) is 117 Å². The lowest BCUT2D eigenvalue weighted by Gasteiger charge is -2.45. The van der Waals surface area contributed by atoms with Crippen LogP contribution < -0.4 is 9.66 Å². The molecule has 0 bridgehead atoms. The Bertz CT molecular complexity index is 1370. The summed E-state index contributed by atoms with van der Waals surface area (Å²) in [5, 5.41) is 9.08. The van der Waals surface area contributed by atoms with Crippen LogP contribution in [0.5, 0.6) is 0 Å². The van der Waals surface area contributed by atoms with Gasteiger partial charge in [-0.3, -0.25) is 0 Å². The number of allylic oxidation sites excluding steroid dienone is 4. The zero-order valence-electron chi connectivity index (χ0n) is 21.4. The minimum atomic E-state index is -3.82. The van der Waals surface area contributed by atoms with Crippen LogP contribution in [-0.4, -0.2) is 28.3 Å². The van der Waals surface area contributed by atoms with E-state index in [0.717, 1.165) is 22.6 Å². The van der Waals surface area contributed by atoms with Crippen molar-refractivity contribution in [1.82, 2.24) is 9.66 Å². The number of hydrazone groups is 2. The van der Waals surface area contributed by atoms with Gasteiger partial charge in [-0.05, 0) is 63.8 Å². The van der Waals surface area contributed by atoms with Crippen LogP contribution in [0.3, 0.4) is 0 Å². The molecule has 0 spiro atoms. The van der Waals surface area contributed by atoms with Crippen molar-refractivity contribution in [2.24, 2.45) is 33.9 Å². The monoisotopic (exact) mass is 552 g/mol. The lowest BCUT2D eigenvalue weighted by atomic mass is 9.60. The van der Waals surface area contributed by atoms with Crippen LogP contribution in [0, 0.1) is 37.5 Å². The van der Waals surface area contributed by atoms with E-state index in [2.05, 4.69) is 44.2 Å². The fourth-order valence-corrected chi connectivity index (χ4v) is 7.23. The number of benzene rings is 2. The second kappa shape index (κ2) is 10.5. The molecule has 2 aromatic carbocycles. The van der Waals surface area contributed by atoms with Crippen LogP contribution >= 0.6 is 0 Å². The number of sulfonamides is 2. The van der Waals surface area contributed by atoms with Crippen LogP contribution in [0.1, 0.15) is 36.8 Å². The average molecular weight is 553 g/mol. The number of nitrogens with one attached hydrogen (secondary N) is 2. The predicted molar refractivity (Wildman–Crippen MR) is 149 cm³/mol. The molecule has 4 atom stereocenters.